The second kappa shape index (κ2) is 5.07. The standard InChI is InChI=1S/C14H11F2N2O2S/c15-8-3-7-4-9(1-2-10(7)11(16)5-8)18-12(13(19)20)6-17-14(18)21/h3,5-6,9H,1-2,4H2,(H,19,20). The smallest absolute Gasteiger partial charge is 0.354 e. The van der Waals surface area contributed by atoms with Crippen LogP contribution in [-0.4, -0.2) is 27.1 Å². The number of hydrogen-bond acceptors (Lipinski definition) is 2. The molecule has 2 aliphatic rings. The Morgan fingerprint density at radius 3 is 2.90 bits per heavy atom. The largest absolute Gasteiger partial charge is 0.477 e. The number of benzene rings is 1. The zero-order chi connectivity index (χ0) is 15.1. The van der Waals surface area contributed by atoms with E-state index in [1.165, 1.54) is 17.2 Å². The maximum atomic E-state index is 13.7. The first-order valence-electron chi connectivity index (χ1n) is 6.41. The van der Waals surface area contributed by atoms with Crippen LogP contribution in [0.15, 0.2) is 24.0 Å². The van der Waals surface area contributed by atoms with E-state index in [2.05, 4.69) is 5.32 Å². The third-order valence-corrected chi connectivity index (χ3v) is 4.09. The fourth-order valence-electron chi connectivity index (χ4n) is 2.86. The van der Waals surface area contributed by atoms with Gasteiger partial charge in [-0.3, -0.25) is 0 Å². The van der Waals surface area contributed by atoms with Crippen LogP contribution in [0.1, 0.15) is 17.5 Å². The van der Waals surface area contributed by atoms with Crippen molar-refractivity contribution in [3.8, 4) is 0 Å². The fourth-order valence-corrected chi connectivity index (χ4v) is 3.16. The summed E-state index contributed by atoms with van der Waals surface area (Å²) < 4.78 is 27.1. The predicted molar refractivity (Wildman–Crippen MR) is 74.5 cm³/mol. The summed E-state index contributed by atoms with van der Waals surface area (Å²) in [5.41, 5.74) is 1.06. The molecule has 0 aromatic heterocycles. The molecule has 1 aromatic rings. The molecule has 0 spiro atoms. The van der Waals surface area contributed by atoms with Gasteiger partial charge < -0.3 is 10.0 Å². The molecule has 0 bridgehead atoms. The minimum Gasteiger partial charge on any atom is -0.477 e. The molecule has 0 amide bonds. The zero-order valence-corrected chi connectivity index (χ0v) is 11.7. The molecule has 0 saturated heterocycles. The van der Waals surface area contributed by atoms with Crippen LogP contribution in [0.4, 0.5) is 8.78 Å². The average Bonchev–Trinajstić information content (AvgIpc) is 2.79. The first-order valence-corrected chi connectivity index (χ1v) is 6.82. The third-order valence-electron chi connectivity index (χ3n) is 3.78. The van der Waals surface area contributed by atoms with Crippen LogP contribution in [-0.2, 0) is 17.6 Å². The molecule has 1 radical (unpaired) electrons. The van der Waals surface area contributed by atoms with Crippen LogP contribution in [0, 0.1) is 11.6 Å². The van der Waals surface area contributed by atoms with E-state index in [0.717, 1.165) is 6.07 Å². The Morgan fingerprint density at radius 1 is 1.43 bits per heavy atom. The highest BCUT2D eigenvalue weighted by Gasteiger charge is 2.35. The predicted octanol–water partition coefficient (Wildman–Crippen LogP) is 1.95. The van der Waals surface area contributed by atoms with Crippen molar-refractivity contribution in [2.75, 3.05) is 0 Å². The monoisotopic (exact) mass is 309 g/mol. The highest BCUT2D eigenvalue weighted by atomic mass is 32.1. The molecule has 1 N–H and O–H groups in total. The van der Waals surface area contributed by atoms with Crippen LogP contribution >= 0.6 is 12.2 Å². The van der Waals surface area contributed by atoms with Crippen LogP contribution < -0.4 is 5.32 Å². The molecule has 1 unspecified atom stereocenters. The quantitative estimate of drug-likeness (QED) is 0.849. The van der Waals surface area contributed by atoms with Crippen molar-refractivity contribution in [3.63, 3.8) is 0 Å². The number of rotatable bonds is 2. The summed E-state index contributed by atoms with van der Waals surface area (Å²) in [6, 6.07) is 1.92. The minimum atomic E-state index is -1.12. The lowest BCUT2D eigenvalue weighted by atomic mass is 9.87. The van der Waals surface area contributed by atoms with Crippen molar-refractivity contribution in [3.05, 3.63) is 46.8 Å². The molecule has 21 heavy (non-hydrogen) atoms. The molecule has 1 aromatic carbocycles. The summed E-state index contributed by atoms with van der Waals surface area (Å²) in [6.07, 6.45) is 2.50. The van der Waals surface area contributed by atoms with E-state index in [0.29, 0.717) is 30.4 Å². The number of carbonyl (C=O) groups is 1. The number of carboxylic acid groups (broad SMARTS) is 1. The van der Waals surface area contributed by atoms with Crippen LogP contribution in [0.3, 0.4) is 0 Å². The van der Waals surface area contributed by atoms with E-state index in [4.69, 9.17) is 17.3 Å². The lowest BCUT2D eigenvalue weighted by Crippen LogP contribution is -2.42. The van der Waals surface area contributed by atoms with E-state index in [-0.39, 0.29) is 16.9 Å². The van der Waals surface area contributed by atoms with Crippen molar-refractivity contribution in [2.24, 2.45) is 0 Å². The van der Waals surface area contributed by atoms with E-state index in [9.17, 15) is 13.6 Å². The summed E-state index contributed by atoms with van der Waals surface area (Å²) in [7, 11) is 0. The molecule has 1 aliphatic heterocycles. The highest BCUT2D eigenvalue weighted by molar-refractivity contribution is 7.80. The molecule has 1 atom stereocenters. The Bertz CT molecular complexity index is 675. The van der Waals surface area contributed by atoms with Crippen molar-refractivity contribution >= 4 is 23.3 Å². The van der Waals surface area contributed by atoms with Gasteiger partial charge in [-0.05, 0) is 48.7 Å². The van der Waals surface area contributed by atoms with E-state index in [1.807, 2.05) is 0 Å². The maximum absolute atomic E-state index is 13.7. The van der Waals surface area contributed by atoms with Gasteiger partial charge in [0, 0.05) is 12.1 Å². The molecule has 3 rings (SSSR count). The Kier molecular flexibility index (Phi) is 3.36. The van der Waals surface area contributed by atoms with Crippen LogP contribution in [0.5, 0.6) is 0 Å². The van der Waals surface area contributed by atoms with Gasteiger partial charge in [0.2, 0.25) is 0 Å². The van der Waals surface area contributed by atoms with Crippen molar-refractivity contribution < 1.29 is 18.7 Å². The summed E-state index contributed by atoms with van der Waals surface area (Å²) in [6.45, 7) is 0. The second-order valence-electron chi connectivity index (χ2n) is 5.02. The first-order chi connectivity index (χ1) is 9.97. The van der Waals surface area contributed by atoms with Gasteiger partial charge in [0.05, 0.1) is 6.20 Å². The number of fused-ring (bicyclic) bond motifs is 1. The molecular formula is C14H11F2N2O2S. The highest BCUT2D eigenvalue weighted by Crippen LogP contribution is 2.30. The number of aliphatic carboxylic acids is 1. The molecule has 1 heterocycles. The van der Waals surface area contributed by atoms with Crippen molar-refractivity contribution in [1.82, 2.24) is 10.2 Å². The normalized spacial score (nSPS) is 20.9. The minimum absolute atomic E-state index is 0.00493. The van der Waals surface area contributed by atoms with Gasteiger partial charge in [-0.25, -0.2) is 18.9 Å². The second-order valence-corrected chi connectivity index (χ2v) is 5.39. The van der Waals surface area contributed by atoms with Gasteiger partial charge in [0.15, 0.2) is 5.11 Å². The van der Waals surface area contributed by atoms with Crippen molar-refractivity contribution in [2.45, 2.75) is 25.3 Å². The van der Waals surface area contributed by atoms with E-state index < -0.39 is 17.6 Å². The topological polar surface area (TPSA) is 54.6 Å². The van der Waals surface area contributed by atoms with E-state index in [1.54, 1.807) is 0 Å². The summed E-state index contributed by atoms with van der Waals surface area (Å²) in [5, 5.41) is 13.2. The SMILES string of the molecule is O=C(O)C1=C[N]C(=S)N1C1CCc2c(F)cc(F)cc2C1. The van der Waals surface area contributed by atoms with Crippen LogP contribution in [0.2, 0.25) is 0 Å². The first kappa shape index (κ1) is 13.9. The molecule has 0 saturated carbocycles. The van der Waals surface area contributed by atoms with Gasteiger partial charge >= 0.3 is 5.97 Å². The lowest BCUT2D eigenvalue weighted by Gasteiger charge is -2.33. The van der Waals surface area contributed by atoms with Crippen LogP contribution in [0.25, 0.3) is 0 Å². The van der Waals surface area contributed by atoms with Gasteiger partial charge in [-0.2, -0.15) is 0 Å². The summed E-state index contributed by atoms with van der Waals surface area (Å²) >= 11 is 5.06. The van der Waals surface area contributed by atoms with Crippen molar-refractivity contribution in [1.29, 1.82) is 0 Å². The Labute approximate surface area is 125 Å². The fraction of sp³-hybridized carbons (Fsp3) is 0.286. The maximum Gasteiger partial charge on any atom is 0.354 e. The number of hydrogen-bond donors (Lipinski definition) is 1. The Hall–Kier alpha value is -2.02. The van der Waals surface area contributed by atoms with Gasteiger partial charge in [-0.1, -0.05) is 0 Å². The number of nitrogens with zero attached hydrogens (tertiary/aromatic N) is 2. The summed E-state index contributed by atoms with van der Waals surface area (Å²) in [5.74, 6) is -2.30. The Morgan fingerprint density at radius 2 is 2.19 bits per heavy atom. The van der Waals surface area contributed by atoms with E-state index >= 15 is 0 Å². The summed E-state index contributed by atoms with van der Waals surface area (Å²) in [4.78, 5) is 12.7. The number of carboxylic acids is 1. The molecule has 109 valence electrons. The number of halogens is 2. The molecular weight excluding hydrogens is 298 g/mol. The number of thiocarbonyl (C=S) groups is 1. The third kappa shape index (κ3) is 2.37. The van der Waals surface area contributed by atoms with Gasteiger partial charge in [0.1, 0.15) is 17.3 Å². The molecule has 1 aliphatic carbocycles. The molecule has 0 fully saturated rings. The molecule has 4 nitrogen and oxygen atoms in total. The van der Waals surface area contributed by atoms with Gasteiger partial charge in [0.25, 0.3) is 0 Å². The van der Waals surface area contributed by atoms with Gasteiger partial charge in [-0.15, -0.1) is 0 Å². The molecule has 7 heteroatoms. The average molecular weight is 309 g/mol. The lowest BCUT2D eigenvalue weighted by molar-refractivity contribution is -0.134. The zero-order valence-electron chi connectivity index (χ0n) is 10.8. The Balaban J connectivity index is 1.91.